The van der Waals surface area contributed by atoms with Crippen LogP contribution < -0.4 is 10.4 Å². The number of carbonyl (C=O) groups excluding carboxylic acids is 2. The number of nitrogens with zero attached hydrogens (tertiary/aromatic N) is 1. The van der Waals surface area contributed by atoms with Crippen molar-refractivity contribution in [2.24, 2.45) is 0 Å². The van der Waals surface area contributed by atoms with Crippen LogP contribution in [0.15, 0.2) is 30.3 Å². The average molecular weight is 535 g/mol. The zero-order chi connectivity index (χ0) is 28.7. The quantitative estimate of drug-likeness (QED) is 0.0744. The van der Waals surface area contributed by atoms with Crippen LogP contribution in [0.1, 0.15) is 147 Å². The van der Waals surface area contributed by atoms with Crippen molar-refractivity contribution in [3.63, 3.8) is 0 Å². The number of hydrogen-bond donors (Lipinski definition) is 2. The highest BCUT2D eigenvalue weighted by molar-refractivity contribution is 5.85. The number of benzene rings is 1. The van der Waals surface area contributed by atoms with Gasteiger partial charge in [-0.3, -0.25) is 4.79 Å². The molecule has 0 heterocycles. The molecule has 1 amide bonds. The van der Waals surface area contributed by atoms with Crippen molar-refractivity contribution < 1.29 is 24.5 Å². The van der Waals surface area contributed by atoms with Gasteiger partial charge in [0.05, 0.1) is 5.97 Å². The van der Waals surface area contributed by atoms with Gasteiger partial charge in [0.25, 0.3) is 0 Å². The molecule has 220 valence electrons. The average Bonchev–Trinajstić information content (AvgIpc) is 2.86. The minimum atomic E-state index is -1.13. The second-order valence-electron chi connectivity index (χ2n) is 11.3. The lowest BCUT2D eigenvalue weighted by Gasteiger charge is -2.40. The van der Waals surface area contributed by atoms with E-state index < -0.39 is 11.6 Å². The largest absolute Gasteiger partial charge is 0.545 e. The van der Waals surface area contributed by atoms with Gasteiger partial charge < -0.3 is 15.2 Å². The molecular weight excluding hydrogens is 476 g/mol. The van der Waals surface area contributed by atoms with Crippen LogP contribution in [0.5, 0.6) is 0 Å². The van der Waals surface area contributed by atoms with Gasteiger partial charge in [0.2, 0.25) is 11.6 Å². The number of nitrogens with one attached hydrogen (secondary N) is 1. The highest BCUT2D eigenvalue weighted by Crippen LogP contribution is 2.21. The van der Waals surface area contributed by atoms with Gasteiger partial charge in [0, 0.05) is 19.8 Å². The summed E-state index contributed by atoms with van der Waals surface area (Å²) in [4.78, 5) is 22.4. The van der Waals surface area contributed by atoms with E-state index in [2.05, 4.69) is 19.2 Å². The molecule has 0 bridgehead atoms. The van der Waals surface area contributed by atoms with E-state index in [-0.39, 0.29) is 16.1 Å². The molecule has 0 saturated heterocycles. The molecule has 0 aliphatic carbocycles. The van der Waals surface area contributed by atoms with E-state index in [9.17, 15) is 19.9 Å². The number of carbonyl (C=O) groups is 2. The lowest BCUT2D eigenvalue weighted by molar-refractivity contribution is -1.11. The van der Waals surface area contributed by atoms with Crippen molar-refractivity contribution in [1.29, 1.82) is 0 Å². The predicted octanol–water partition coefficient (Wildman–Crippen LogP) is 7.40. The van der Waals surface area contributed by atoms with Crippen LogP contribution >= 0.6 is 0 Å². The van der Waals surface area contributed by atoms with Gasteiger partial charge in [0.15, 0.2) is 0 Å². The summed E-state index contributed by atoms with van der Waals surface area (Å²) in [5.41, 5.74) is -0.390. The van der Waals surface area contributed by atoms with E-state index in [1.54, 1.807) is 32.3 Å². The van der Waals surface area contributed by atoms with E-state index >= 15 is 0 Å². The van der Waals surface area contributed by atoms with Crippen molar-refractivity contribution >= 4 is 11.9 Å². The minimum absolute atomic E-state index is 0.0656. The molecule has 2 N–H and O–H groups in total. The summed E-state index contributed by atoms with van der Waals surface area (Å²) in [6.45, 7) is 6.29. The highest BCUT2D eigenvalue weighted by Gasteiger charge is 2.41. The Morgan fingerprint density at radius 1 is 0.763 bits per heavy atom. The standard InChI is InChI=1S/C25H52N2O2.C7H6O2/c1-6-8-9-10-11-12-13-14-15-16-17-18-19-20-21-22-24(28)26-25(3,23-7-2)27(4,5)29;8-7(9)6-4-2-1-3-5-6/h29H,6-23H2,1-5H3;1-5H,(H,8,9). The van der Waals surface area contributed by atoms with Crippen LogP contribution in [0.3, 0.4) is 0 Å². The first-order valence-corrected chi connectivity index (χ1v) is 15.2. The van der Waals surface area contributed by atoms with Gasteiger partial charge >= 0.3 is 0 Å². The number of hydrogen-bond acceptors (Lipinski definition) is 4. The number of carboxylic acids is 1. The fourth-order valence-electron chi connectivity index (χ4n) is 4.55. The Hall–Kier alpha value is -1.92. The summed E-state index contributed by atoms with van der Waals surface area (Å²) < 4.78 is -0.231. The first kappa shape index (κ1) is 36.1. The van der Waals surface area contributed by atoms with Crippen LogP contribution in [-0.2, 0) is 4.79 Å². The minimum Gasteiger partial charge on any atom is -0.545 e. The van der Waals surface area contributed by atoms with Crippen LogP contribution in [0.4, 0.5) is 0 Å². The summed E-state index contributed by atoms with van der Waals surface area (Å²) in [5.74, 6) is -1.06. The topological polar surface area (TPSA) is 89.5 Å². The number of quaternary nitrogens is 1. The van der Waals surface area contributed by atoms with E-state index in [0.717, 1.165) is 25.7 Å². The summed E-state index contributed by atoms with van der Waals surface area (Å²) >= 11 is 0. The predicted molar refractivity (Wildman–Crippen MR) is 156 cm³/mol. The fourth-order valence-corrected chi connectivity index (χ4v) is 4.55. The number of amides is 1. The molecule has 1 aromatic carbocycles. The van der Waals surface area contributed by atoms with Gasteiger partial charge in [-0.1, -0.05) is 134 Å². The molecule has 0 spiro atoms. The summed E-state index contributed by atoms with van der Waals surface area (Å²) in [7, 11) is 3.45. The molecule has 0 aromatic heterocycles. The first-order chi connectivity index (χ1) is 18.1. The third-order valence-electron chi connectivity index (χ3n) is 7.37. The lowest BCUT2D eigenvalue weighted by atomic mass is 10.0. The van der Waals surface area contributed by atoms with E-state index in [1.807, 2.05) is 6.92 Å². The molecule has 0 aliphatic rings. The van der Waals surface area contributed by atoms with E-state index in [4.69, 9.17) is 0 Å². The molecule has 1 aromatic rings. The lowest BCUT2D eigenvalue weighted by Crippen LogP contribution is -2.65. The SMILES string of the molecule is CCCCCCCCCCCCCCCCCC(=O)NC(C)(CCC)[N+](C)(C)O.O=C([O-])c1ccccc1. The molecule has 0 fully saturated rings. The number of rotatable bonds is 21. The van der Waals surface area contributed by atoms with Crippen molar-refractivity contribution in [2.45, 2.75) is 142 Å². The van der Waals surface area contributed by atoms with Crippen LogP contribution in [0.2, 0.25) is 0 Å². The first-order valence-electron chi connectivity index (χ1n) is 15.2. The maximum absolute atomic E-state index is 12.3. The van der Waals surface area contributed by atoms with Crippen molar-refractivity contribution in [1.82, 2.24) is 5.32 Å². The smallest absolute Gasteiger partial charge is 0.224 e. The maximum atomic E-state index is 12.3. The fraction of sp³-hybridized carbons (Fsp3) is 0.750. The van der Waals surface area contributed by atoms with Crippen molar-refractivity contribution in [2.75, 3.05) is 14.1 Å². The molecule has 38 heavy (non-hydrogen) atoms. The molecule has 1 atom stereocenters. The third-order valence-corrected chi connectivity index (χ3v) is 7.37. The summed E-state index contributed by atoms with van der Waals surface area (Å²) in [5, 5.41) is 23.5. The molecule has 6 heteroatoms. The van der Waals surface area contributed by atoms with E-state index in [1.165, 1.54) is 95.6 Å². The number of unbranched alkanes of at least 4 members (excludes halogenated alkanes) is 14. The molecule has 0 radical (unpaired) electrons. The van der Waals surface area contributed by atoms with Crippen LogP contribution in [-0.4, -0.2) is 41.5 Å². The monoisotopic (exact) mass is 534 g/mol. The van der Waals surface area contributed by atoms with Crippen LogP contribution in [0.25, 0.3) is 0 Å². The molecular formula is C32H58N2O4. The van der Waals surface area contributed by atoms with Gasteiger partial charge in [-0.2, -0.15) is 4.65 Å². The third kappa shape index (κ3) is 18.4. The molecule has 1 rings (SSSR count). The zero-order valence-corrected chi connectivity index (χ0v) is 25.2. The Labute approximate surface area is 233 Å². The highest BCUT2D eigenvalue weighted by atomic mass is 16.5. The van der Waals surface area contributed by atoms with Gasteiger partial charge in [-0.25, -0.2) is 5.21 Å². The Bertz CT molecular complexity index is 718. The van der Waals surface area contributed by atoms with Gasteiger partial charge in [0.1, 0.15) is 14.1 Å². The molecule has 0 saturated carbocycles. The summed E-state index contributed by atoms with van der Waals surface area (Å²) in [6, 6.07) is 8.06. The number of carboxylic acid groups (broad SMARTS) is 1. The van der Waals surface area contributed by atoms with E-state index in [0.29, 0.717) is 6.42 Å². The van der Waals surface area contributed by atoms with Crippen LogP contribution in [0, 0.1) is 0 Å². The Morgan fingerprint density at radius 2 is 1.18 bits per heavy atom. The number of aromatic carboxylic acids is 1. The molecule has 0 aliphatic heterocycles. The number of hydroxylamine groups is 3. The summed E-state index contributed by atoms with van der Waals surface area (Å²) in [6.07, 6.45) is 22.3. The van der Waals surface area contributed by atoms with Gasteiger partial charge in [-0.05, 0) is 18.4 Å². The Morgan fingerprint density at radius 3 is 1.53 bits per heavy atom. The van der Waals surface area contributed by atoms with Crippen molar-refractivity contribution in [3.8, 4) is 0 Å². The molecule has 1 unspecified atom stereocenters. The Kier molecular flexibility index (Phi) is 20.8. The second kappa shape index (κ2) is 22.0. The normalized spacial score (nSPS) is 12.8. The Balaban J connectivity index is 0.00000127. The zero-order valence-electron chi connectivity index (χ0n) is 25.2. The van der Waals surface area contributed by atoms with Gasteiger partial charge in [-0.15, -0.1) is 0 Å². The van der Waals surface area contributed by atoms with Crippen molar-refractivity contribution in [3.05, 3.63) is 35.9 Å². The maximum Gasteiger partial charge on any atom is 0.224 e. The molecule has 6 nitrogen and oxygen atoms in total. The second-order valence-corrected chi connectivity index (χ2v) is 11.3.